The fourth-order valence-corrected chi connectivity index (χ4v) is 1.14. The maximum Gasteiger partial charge on any atom is 0.151 e. The van der Waals surface area contributed by atoms with Crippen molar-refractivity contribution in [3.05, 3.63) is 47.3 Å². The van der Waals surface area contributed by atoms with Gasteiger partial charge >= 0.3 is 0 Å². The van der Waals surface area contributed by atoms with Crippen LogP contribution in [0.3, 0.4) is 0 Å². The molecule has 0 aliphatic heterocycles. The zero-order valence-electron chi connectivity index (χ0n) is 18.1. The van der Waals surface area contributed by atoms with Gasteiger partial charge in [0.1, 0.15) is 0 Å². The minimum Gasteiger partial charge on any atom is -0.876 e. The first-order chi connectivity index (χ1) is 12.5. The molecule has 0 aliphatic carbocycles. The number of allylic oxidation sites excluding steroid dienone is 8. The first-order valence-electron chi connectivity index (χ1n) is 7.94. The van der Waals surface area contributed by atoms with Crippen LogP contribution in [0.1, 0.15) is 55.4 Å². The first-order valence-corrected chi connectivity index (χ1v) is 7.94. The predicted molar refractivity (Wildman–Crippen MR) is 97.8 cm³/mol. The molecule has 0 unspecified atom stereocenters. The fraction of sp³-hybridized carbons (Fsp3) is 0.400. The number of rotatable bonds is 4. The Morgan fingerprint density at radius 3 is 0.517 bits per heavy atom. The van der Waals surface area contributed by atoms with Crippen molar-refractivity contribution in [3.63, 3.8) is 0 Å². The summed E-state index contributed by atoms with van der Waals surface area (Å²) in [7, 11) is 0. The van der Waals surface area contributed by atoms with Gasteiger partial charge in [0.25, 0.3) is 0 Å². The van der Waals surface area contributed by atoms with Gasteiger partial charge in [-0.15, -0.1) is 23.0 Å². The van der Waals surface area contributed by atoms with Crippen LogP contribution in [-0.4, -0.2) is 23.1 Å². The Morgan fingerprint density at radius 1 is 0.414 bits per heavy atom. The summed E-state index contributed by atoms with van der Waals surface area (Å²) in [4.78, 5) is 39.9. The molecule has 0 saturated heterocycles. The summed E-state index contributed by atoms with van der Waals surface area (Å²) in [5.41, 5.74) is 0. The van der Waals surface area contributed by atoms with Crippen molar-refractivity contribution in [1.29, 1.82) is 0 Å². The average molecular weight is 575 g/mol. The normalized spacial score (nSPS) is 11.0. The molecule has 0 atom stereocenters. The third-order valence-electron chi connectivity index (χ3n) is 1.63. The average Bonchev–Trinajstić information content (AvgIpc) is 2.32. The maximum atomic E-state index is 9.98. The largest absolute Gasteiger partial charge is 0.876 e. The Balaban J connectivity index is -0.0000000873. The molecular formula is C20H28HfO8-4. The molecule has 0 aromatic carbocycles. The maximum absolute atomic E-state index is 9.98. The third-order valence-corrected chi connectivity index (χ3v) is 1.63. The van der Waals surface area contributed by atoms with E-state index in [1.54, 1.807) is 0 Å². The van der Waals surface area contributed by atoms with Crippen molar-refractivity contribution in [1.82, 2.24) is 0 Å². The van der Waals surface area contributed by atoms with E-state index >= 15 is 0 Å². The second-order valence-electron chi connectivity index (χ2n) is 5.46. The van der Waals surface area contributed by atoms with Crippen LogP contribution in [0.4, 0.5) is 0 Å². The summed E-state index contributed by atoms with van der Waals surface area (Å²) in [5, 5.41) is 39.9. The van der Waals surface area contributed by atoms with Crippen LogP contribution in [0.5, 0.6) is 0 Å². The zero-order chi connectivity index (χ0) is 23.4. The first kappa shape index (κ1) is 37.5. The number of carbonyl (C=O) groups excluding carboxylic acids is 4. The van der Waals surface area contributed by atoms with Crippen molar-refractivity contribution in [2.24, 2.45) is 0 Å². The number of hydrogen-bond donors (Lipinski definition) is 0. The summed E-state index contributed by atoms with van der Waals surface area (Å²) < 4.78 is 0. The van der Waals surface area contributed by atoms with Gasteiger partial charge in [0.2, 0.25) is 0 Å². The Morgan fingerprint density at radius 2 is 0.517 bits per heavy atom. The molecule has 0 N–H and O–H groups in total. The minimum atomic E-state index is -0.187. The molecular weight excluding hydrogens is 547 g/mol. The van der Waals surface area contributed by atoms with Crippen LogP contribution >= 0.6 is 0 Å². The monoisotopic (exact) mass is 576 g/mol. The molecule has 8 nitrogen and oxygen atoms in total. The molecule has 0 bridgehead atoms. The van der Waals surface area contributed by atoms with Crippen LogP contribution < -0.4 is 20.4 Å². The van der Waals surface area contributed by atoms with Gasteiger partial charge in [0.05, 0.1) is 0 Å². The summed E-state index contributed by atoms with van der Waals surface area (Å²) in [6.45, 7) is 10.8. The summed E-state index contributed by atoms with van der Waals surface area (Å²) in [6, 6.07) is 0. The Labute approximate surface area is 191 Å². The number of ketones is 4. The molecule has 0 rings (SSSR count). The van der Waals surface area contributed by atoms with Gasteiger partial charge in [-0.1, -0.05) is 27.7 Å². The van der Waals surface area contributed by atoms with Gasteiger partial charge in [-0.05, 0) is 52.0 Å². The molecule has 0 saturated carbocycles. The molecule has 9 heteroatoms. The van der Waals surface area contributed by atoms with E-state index in [1.165, 1.54) is 55.4 Å². The molecule has 0 fully saturated rings. The SMILES string of the molecule is CC(=O)/C=C(/C)[O-].CC(=O)/C=C(/C)[O-].CC(=O)/C=C(/C)[O-].CC(=O)/C=C(/C)[O-].[Hf]. The summed E-state index contributed by atoms with van der Waals surface area (Å²) >= 11 is 0. The van der Waals surface area contributed by atoms with Gasteiger partial charge in [-0.2, -0.15) is 0 Å². The fourth-order valence-electron chi connectivity index (χ4n) is 1.14. The van der Waals surface area contributed by atoms with Crippen LogP contribution in [0.15, 0.2) is 47.3 Å². The minimum absolute atomic E-state index is 0. The van der Waals surface area contributed by atoms with Gasteiger partial charge in [-0.25, -0.2) is 0 Å². The quantitative estimate of drug-likeness (QED) is 0.243. The number of carbonyl (C=O) groups is 4. The molecule has 164 valence electrons. The zero-order valence-corrected chi connectivity index (χ0v) is 21.7. The molecule has 0 aromatic rings. The van der Waals surface area contributed by atoms with Crippen molar-refractivity contribution in [2.45, 2.75) is 55.4 Å². The molecule has 0 radical (unpaired) electrons. The predicted octanol–water partition coefficient (Wildman–Crippen LogP) is -0.644. The molecule has 0 amide bonds. The van der Waals surface area contributed by atoms with Gasteiger partial charge in [0, 0.05) is 25.8 Å². The smallest absolute Gasteiger partial charge is 0.151 e. The van der Waals surface area contributed by atoms with Crippen molar-refractivity contribution in [3.8, 4) is 0 Å². The molecule has 0 spiro atoms. The van der Waals surface area contributed by atoms with Crippen LogP contribution in [0.2, 0.25) is 0 Å². The van der Waals surface area contributed by atoms with Gasteiger partial charge in [0.15, 0.2) is 23.1 Å². The Bertz CT molecular complexity index is 513. The van der Waals surface area contributed by atoms with E-state index in [4.69, 9.17) is 0 Å². The molecule has 29 heavy (non-hydrogen) atoms. The topological polar surface area (TPSA) is 161 Å². The van der Waals surface area contributed by atoms with Crippen LogP contribution in [0, 0.1) is 0 Å². The second-order valence-corrected chi connectivity index (χ2v) is 5.46. The van der Waals surface area contributed by atoms with E-state index in [1.807, 2.05) is 0 Å². The van der Waals surface area contributed by atoms with Crippen LogP contribution in [0.25, 0.3) is 0 Å². The number of hydrogen-bond acceptors (Lipinski definition) is 8. The van der Waals surface area contributed by atoms with E-state index < -0.39 is 0 Å². The summed E-state index contributed by atoms with van der Waals surface area (Å²) in [6.07, 6.45) is 4.22. The van der Waals surface area contributed by atoms with E-state index in [9.17, 15) is 39.6 Å². The molecule has 0 heterocycles. The van der Waals surface area contributed by atoms with E-state index in [0.29, 0.717) is 0 Å². The Kier molecular flexibility index (Phi) is 30.7. The van der Waals surface area contributed by atoms with E-state index in [-0.39, 0.29) is 72.0 Å². The van der Waals surface area contributed by atoms with Gasteiger partial charge < -0.3 is 20.4 Å². The van der Waals surface area contributed by atoms with Crippen LogP contribution in [-0.2, 0) is 45.0 Å². The molecule has 0 aromatic heterocycles. The standard InChI is InChI=1S/4C5H8O2.Hf/c4*1-4(6)3-5(2)7;/h4*3,6H,1-2H3;/p-4/b4*4-3-;. The van der Waals surface area contributed by atoms with Gasteiger partial charge in [-0.3, -0.25) is 19.2 Å². The van der Waals surface area contributed by atoms with Crippen molar-refractivity contribution in [2.75, 3.05) is 0 Å². The van der Waals surface area contributed by atoms with E-state index in [2.05, 4.69) is 0 Å². The molecule has 0 aliphatic rings. The van der Waals surface area contributed by atoms with Crippen molar-refractivity contribution >= 4 is 23.1 Å². The van der Waals surface area contributed by atoms with Crippen molar-refractivity contribution < 1.29 is 65.4 Å². The summed E-state index contributed by atoms with van der Waals surface area (Å²) in [5.74, 6) is -1.50. The van der Waals surface area contributed by atoms with E-state index in [0.717, 1.165) is 24.3 Å². The Hall–Kier alpha value is -2.29. The second kappa shape index (κ2) is 23.7. The third kappa shape index (κ3) is 76.9.